The fourth-order valence-corrected chi connectivity index (χ4v) is 11.7. The molecule has 1 heterocycles. The number of hydrogen-bond donors (Lipinski definition) is 0. The lowest BCUT2D eigenvalue weighted by Gasteiger charge is -2.23. The summed E-state index contributed by atoms with van der Waals surface area (Å²) in [5.41, 5.74) is 0. The Bertz CT molecular complexity index is 707. The number of rotatable bonds is 24. The molecule has 0 amide bonds. The van der Waals surface area contributed by atoms with Gasteiger partial charge in [0.15, 0.2) is 0 Å². The van der Waals surface area contributed by atoms with Gasteiger partial charge in [0.05, 0.1) is 31.8 Å². The highest BCUT2D eigenvalue weighted by Crippen LogP contribution is 2.34. The zero-order chi connectivity index (χ0) is 27.6. The van der Waals surface area contributed by atoms with Crippen LogP contribution in [-0.4, -0.2) is 38.3 Å². The summed E-state index contributed by atoms with van der Waals surface area (Å²) in [6.07, 6.45) is 20.7. The summed E-state index contributed by atoms with van der Waals surface area (Å²) in [4.78, 5) is 0. The van der Waals surface area contributed by atoms with Crippen LogP contribution in [0.15, 0.2) is 8.68 Å². The van der Waals surface area contributed by atoms with E-state index in [1.807, 2.05) is 0 Å². The molecule has 0 aromatic carbocycles. The van der Waals surface area contributed by atoms with Crippen molar-refractivity contribution in [3.63, 3.8) is 0 Å². The number of hydrogen-bond acceptors (Lipinski definition) is 7. The first-order valence-corrected chi connectivity index (χ1v) is 19.9. The molecule has 0 saturated carbocycles. The van der Waals surface area contributed by atoms with Gasteiger partial charge in [0.25, 0.3) is 0 Å². The van der Waals surface area contributed by atoms with Crippen LogP contribution in [0.2, 0.25) is 0 Å². The molecule has 4 nitrogen and oxygen atoms in total. The monoisotopic (exact) mass is 610 g/mol. The third kappa shape index (κ3) is 17.8. The van der Waals surface area contributed by atoms with Gasteiger partial charge in [-0.1, -0.05) is 143 Å². The van der Waals surface area contributed by atoms with Crippen molar-refractivity contribution in [1.82, 2.24) is 10.2 Å². The molecule has 0 aliphatic heterocycles. The minimum atomic E-state index is -1.20. The minimum absolute atomic E-state index is 0.104. The number of thioether (sulfide) groups is 2. The second kappa shape index (κ2) is 20.4. The highest BCUT2D eigenvalue weighted by molar-refractivity contribution is 8.12. The smallest absolute Gasteiger partial charge is 0.206 e. The van der Waals surface area contributed by atoms with Crippen molar-refractivity contribution in [2.45, 2.75) is 162 Å². The van der Waals surface area contributed by atoms with Gasteiger partial charge in [-0.3, -0.25) is 8.42 Å². The first kappa shape index (κ1) is 35.6. The molecule has 0 spiro atoms. The summed E-state index contributed by atoms with van der Waals surface area (Å²) >= 11 is 4.78. The summed E-state index contributed by atoms with van der Waals surface area (Å²) in [5, 5.41) is 9.31. The van der Waals surface area contributed by atoms with Gasteiger partial charge in [0.2, 0.25) is 8.68 Å². The lowest BCUT2D eigenvalue weighted by Crippen LogP contribution is -2.16. The second-order valence-electron chi connectivity index (χ2n) is 11.3. The highest BCUT2D eigenvalue weighted by atomic mass is 32.3. The largest absolute Gasteiger partial charge is 0.251 e. The van der Waals surface area contributed by atoms with E-state index in [0.29, 0.717) is 18.8 Å². The minimum Gasteiger partial charge on any atom is -0.251 e. The third-order valence-corrected chi connectivity index (χ3v) is 14.4. The lowest BCUT2D eigenvalue weighted by molar-refractivity contribution is 0.536. The quantitative estimate of drug-likeness (QED) is 0.109. The van der Waals surface area contributed by atoms with Crippen LogP contribution in [0.4, 0.5) is 0 Å². The molecule has 0 radical (unpaired) electrons. The van der Waals surface area contributed by atoms with E-state index in [2.05, 4.69) is 51.7 Å². The van der Waals surface area contributed by atoms with Crippen molar-refractivity contribution in [3.8, 4) is 0 Å². The third-order valence-electron chi connectivity index (χ3n) is 6.66. The molecule has 0 aliphatic rings. The van der Waals surface area contributed by atoms with Crippen LogP contribution >= 0.6 is 34.9 Å². The van der Waals surface area contributed by atoms with Gasteiger partial charge in [-0.25, -0.2) is 0 Å². The molecule has 218 valence electrons. The van der Waals surface area contributed by atoms with Crippen LogP contribution in [0.25, 0.3) is 0 Å². The molecule has 1 aromatic heterocycles. The van der Waals surface area contributed by atoms with Crippen molar-refractivity contribution in [2.75, 3.05) is 10.2 Å². The van der Waals surface area contributed by atoms with Crippen molar-refractivity contribution in [2.24, 2.45) is 0 Å². The van der Waals surface area contributed by atoms with Gasteiger partial charge in [-0.2, -0.15) is 0 Å². The van der Waals surface area contributed by atoms with Gasteiger partial charge < -0.3 is 0 Å². The molecule has 9 heteroatoms. The molecular weight excluding hydrogens is 557 g/mol. The van der Waals surface area contributed by atoms with E-state index < -0.39 is 21.6 Å². The van der Waals surface area contributed by atoms with Crippen LogP contribution in [0.3, 0.4) is 0 Å². The molecule has 2 unspecified atom stereocenters. The Kier molecular flexibility index (Phi) is 19.7. The maximum Gasteiger partial charge on any atom is 0.206 e. The Morgan fingerprint density at radius 2 is 0.919 bits per heavy atom. The van der Waals surface area contributed by atoms with E-state index >= 15 is 0 Å². The highest BCUT2D eigenvalue weighted by Gasteiger charge is 2.24. The van der Waals surface area contributed by atoms with Crippen LogP contribution in [0, 0.1) is 0 Å². The van der Waals surface area contributed by atoms with E-state index in [1.165, 1.54) is 101 Å². The first-order chi connectivity index (χ1) is 17.6. The Morgan fingerprint density at radius 3 is 1.27 bits per heavy atom. The maximum atomic E-state index is 12.8. The van der Waals surface area contributed by atoms with E-state index in [4.69, 9.17) is 0 Å². The van der Waals surface area contributed by atoms with Crippen molar-refractivity contribution >= 4 is 56.5 Å². The topological polar surface area (TPSA) is 59.9 Å². The summed E-state index contributed by atoms with van der Waals surface area (Å²) < 4.78 is 26.9. The Hall–Kier alpha value is 0.560. The zero-order valence-corrected chi connectivity index (χ0v) is 28.6. The maximum absolute atomic E-state index is 12.8. The summed E-state index contributed by atoms with van der Waals surface area (Å²) in [6.45, 7) is 13.5. The van der Waals surface area contributed by atoms with Crippen molar-refractivity contribution < 1.29 is 8.42 Å². The predicted octanol–water partition coefficient (Wildman–Crippen LogP) is 9.97. The average molecular weight is 611 g/mol. The van der Waals surface area contributed by atoms with Gasteiger partial charge in [0.1, 0.15) is 0 Å². The Morgan fingerprint density at radius 1 is 0.595 bits per heavy atom. The van der Waals surface area contributed by atoms with Crippen LogP contribution in [-0.2, 0) is 21.6 Å². The van der Waals surface area contributed by atoms with E-state index in [-0.39, 0.29) is 9.49 Å². The van der Waals surface area contributed by atoms with Gasteiger partial charge in [0, 0.05) is 9.49 Å². The van der Waals surface area contributed by atoms with Gasteiger partial charge in [-0.05, 0) is 12.8 Å². The number of unbranched alkanes of at least 4 members (excludes halogenated alkanes) is 12. The van der Waals surface area contributed by atoms with E-state index in [9.17, 15) is 8.42 Å². The molecule has 0 saturated heterocycles. The van der Waals surface area contributed by atoms with Gasteiger partial charge in [-0.15, -0.1) is 33.7 Å². The average Bonchev–Trinajstić information content (AvgIpc) is 3.35. The van der Waals surface area contributed by atoms with Crippen LogP contribution in [0.1, 0.15) is 144 Å². The number of aromatic nitrogens is 2. The predicted molar refractivity (Wildman–Crippen MR) is 171 cm³/mol. The molecule has 1 aromatic rings. The van der Waals surface area contributed by atoms with E-state index in [1.54, 1.807) is 23.5 Å². The molecule has 0 N–H and O–H groups in total. The normalized spacial score (nSPS) is 14.2. The standard InChI is InChI=1S/C28H54N2O2S5/c1-7-9-11-13-15-17-19-21-27(3,4)33-23-36(31)25-29-30-26(35-25)37(32)24-34-28(5,6)22-20-18-16-14-12-10-8-2/h7-24H2,1-6H3. The SMILES string of the molecule is CCCCCCCCCC(C)(C)SCS(=O)c1nnc(S(=O)CSC(C)(C)CCCCCCCCC)s1. The summed E-state index contributed by atoms with van der Waals surface area (Å²) in [5.74, 6) is 0. The zero-order valence-electron chi connectivity index (χ0n) is 24.5. The number of nitrogens with zero attached hydrogens (tertiary/aromatic N) is 2. The lowest BCUT2D eigenvalue weighted by atomic mass is 10.0. The molecule has 1 rings (SSSR count). The van der Waals surface area contributed by atoms with Crippen molar-refractivity contribution in [3.05, 3.63) is 0 Å². The molecule has 0 fully saturated rings. The summed E-state index contributed by atoms with van der Waals surface area (Å²) in [6, 6.07) is 0. The summed E-state index contributed by atoms with van der Waals surface area (Å²) in [7, 11) is -2.40. The molecule has 37 heavy (non-hydrogen) atoms. The van der Waals surface area contributed by atoms with E-state index in [0.717, 1.165) is 12.8 Å². The molecule has 2 atom stereocenters. The van der Waals surface area contributed by atoms with Crippen LogP contribution < -0.4 is 0 Å². The van der Waals surface area contributed by atoms with Crippen LogP contribution in [0.5, 0.6) is 0 Å². The Labute approximate surface area is 246 Å². The molecule has 0 aliphatic carbocycles. The molecular formula is C28H54N2O2S5. The van der Waals surface area contributed by atoms with Crippen molar-refractivity contribution in [1.29, 1.82) is 0 Å². The fraction of sp³-hybridized carbons (Fsp3) is 0.929. The first-order valence-electron chi connectivity index (χ1n) is 14.5. The Balaban J connectivity index is 2.32. The molecule has 0 bridgehead atoms. The fourth-order valence-electron chi connectivity index (χ4n) is 4.07. The second-order valence-corrected chi connectivity index (χ2v) is 19.6. The van der Waals surface area contributed by atoms with Gasteiger partial charge >= 0.3 is 0 Å².